The predicted molar refractivity (Wildman–Crippen MR) is 70.5 cm³/mol. The number of fused-ring (bicyclic) bond motifs is 1. The molecule has 16 heavy (non-hydrogen) atoms. The lowest BCUT2D eigenvalue weighted by Crippen LogP contribution is -2.69. The molecular weight excluding hydrogens is 194 g/mol. The van der Waals surface area contributed by atoms with E-state index >= 15 is 0 Å². The Bertz CT molecular complexity index is 250. The summed E-state index contributed by atoms with van der Waals surface area (Å²) in [4.78, 5) is 2.73. The number of piperidine rings is 1. The van der Waals surface area contributed by atoms with Gasteiger partial charge in [0, 0.05) is 12.1 Å². The van der Waals surface area contributed by atoms with E-state index in [0.717, 1.165) is 23.7 Å². The van der Waals surface area contributed by atoms with E-state index in [1.807, 2.05) is 0 Å². The molecule has 1 saturated carbocycles. The second kappa shape index (κ2) is 4.33. The Morgan fingerprint density at radius 3 is 2.50 bits per heavy atom. The van der Waals surface area contributed by atoms with Crippen LogP contribution in [-0.2, 0) is 0 Å². The Morgan fingerprint density at radius 1 is 1.38 bits per heavy atom. The molecule has 1 saturated heterocycles. The van der Waals surface area contributed by atoms with Gasteiger partial charge < -0.3 is 0 Å². The second-order valence-corrected chi connectivity index (χ2v) is 6.35. The van der Waals surface area contributed by atoms with Gasteiger partial charge in [0.1, 0.15) is 0 Å². The minimum Gasteiger partial charge on any atom is -0.300 e. The molecule has 1 heteroatoms. The zero-order valence-electron chi connectivity index (χ0n) is 11.8. The van der Waals surface area contributed by atoms with E-state index in [4.69, 9.17) is 0 Å². The molecular formula is C15H29N. The monoisotopic (exact) mass is 223 g/mol. The first-order chi connectivity index (χ1) is 7.57. The van der Waals surface area contributed by atoms with Crippen molar-refractivity contribution in [3.8, 4) is 0 Å². The zero-order chi connectivity index (χ0) is 11.9. The summed E-state index contributed by atoms with van der Waals surface area (Å²) in [6.45, 7) is 11.0. The Balaban J connectivity index is 2.21. The van der Waals surface area contributed by atoms with Crippen molar-refractivity contribution in [3.05, 3.63) is 0 Å². The molecule has 1 aliphatic heterocycles. The van der Waals surface area contributed by atoms with Crippen molar-refractivity contribution in [3.63, 3.8) is 0 Å². The highest BCUT2D eigenvalue weighted by Crippen LogP contribution is 2.56. The van der Waals surface area contributed by atoms with E-state index in [0.29, 0.717) is 5.54 Å². The van der Waals surface area contributed by atoms with Gasteiger partial charge in [-0.3, -0.25) is 4.90 Å². The van der Waals surface area contributed by atoms with Gasteiger partial charge in [-0.2, -0.15) is 0 Å². The fraction of sp³-hybridized carbons (Fsp3) is 1.00. The standard InChI is InChI=1S/C15H29N/c1-6-11(3)15-9-8-14(15)12(4)13(7-2)10-16(15)5/h11-14H,6-10H2,1-5H3. The normalized spacial score (nSPS) is 45.9. The summed E-state index contributed by atoms with van der Waals surface area (Å²) in [5.74, 6) is 3.74. The number of hydrogen-bond acceptors (Lipinski definition) is 1. The number of nitrogens with zero attached hydrogens (tertiary/aromatic N) is 1. The molecule has 0 aromatic rings. The largest absolute Gasteiger partial charge is 0.300 e. The summed E-state index contributed by atoms with van der Waals surface area (Å²) in [5.41, 5.74) is 0.569. The SMILES string of the molecule is CCC1CN(C)C2(C(C)CC)CCC2C1C. The van der Waals surface area contributed by atoms with Crippen molar-refractivity contribution < 1.29 is 0 Å². The Labute approximate surface area is 102 Å². The summed E-state index contributed by atoms with van der Waals surface area (Å²) < 4.78 is 0. The molecule has 0 aromatic carbocycles. The lowest BCUT2D eigenvalue weighted by atomic mass is 9.51. The molecule has 0 amide bonds. The molecule has 0 aromatic heterocycles. The molecule has 0 radical (unpaired) electrons. The highest BCUT2D eigenvalue weighted by atomic mass is 15.2. The van der Waals surface area contributed by atoms with Crippen molar-refractivity contribution in [1.82, 2.24) is 4.90 Å². The van der Waals surface area contributed by atoms with Gasteiger partial charge in [-0.25, -0.2) is 0 Å². The van der Waals surface area contributed by atoms with Crippen LogP contribution < -0.4 is 0 Å². The van der Waals surface area contributed by atoms with Gasteiger partial charge in [0.15, 0.2) is 0 Å². The van der Waals surface area contributed by atoms with Crippen molar-refractivity contribution in [2.45, 2.75) is 58.9 Å². The summed E-state index contributed by atoms with van der Waals surface area (Å²) in [6, 6.07) is 0. The summed E-state index contributed by atoms with van der Waals surface area (Å²) >= 11 is 0. The molecule has 1 aliphatic carbocycles. The topological polar surface area (TPSA) is 3.24 Å². The van der Waals surface area contributed by atoms with Gasteiger partial charge in [-0.15, -0.1) is 0 Å². The molecule has 1 heterocycles. The van der Waals surface area contributed by atoms with Gasteiger partial charge in [-0.05, 0) is 43.6 Å². The fourth-order valence-electron chi connectivity index (χ4n) is 4.66. The average molecular weight is 223 g/mol. The molecule has 0 N–H and O–H groups in total. The Hall–Kier alpha value is -0.0400. The van der Waals surface area contributed by atoms with Crippen LogP contribution in [0.5, 0.6) is 0 Å². The van der Waals surface area contributed by atoms with Crippen molar-refractivity contribution in [1.29, 1.82) is 0 Å². The van der Waals surface area contributed by atoms with Crippen LogP contribution in [0.1, 0.15) is 53.4 Å². The van der Waals surface area contributed by atoms with E-state index in [1.165, 1.54) is 32.2 Å². The lowest BCUT2D eigenvalue weighted by Gasteiger charge is -2.65. The number of hydrogen-bond donors (Lipinski definition) is 0. The molecule has 5 atom stereocenters. The maximum Gasteiger partial charge on any atom is 0.0262 e. The van der Waals surface area contributed by atoms with Crippen molar-refractivity contribution in [2.24, 2.45) is 23.7 Å². The fourth-order valence-corrected chi connectivity index (χ4v) is 4.66. The maximum atomic E-state index is 2.73. The molecule has 0 spiro atoms. The highest BCUT2D eigenvalue weighted by Gasteiger charge is 2.57. The Morgan fingerprint density at radius 2 is 2.06 bits per heavy atom. The molecule has 2 fully saturated rings. The maximum absolute atomic E-state index is 2.73. The van der Waals surface area contributed by atoms with Gasteiger partial charge in [-0.1, -0.05) is 40.5 Å². The minimum absolute atomic E-state index is 0.569. The third-order valence-corrected chi connectivity index (χ3v) is 6.09. The quantitative estimate of drug-likeness (QED) is 0.703. The summed E-state index contributed by atoms with van der Waals surface area (Å²) in [5, 5.41) is 0. The van der Waals surface area contributed by atoms with Crippen LogP contribution in [0.2, 0.25) is 0 Å². The Kier molecular flexibility index (Phi) is 3.36. The molecule has 94 valence electrons. The van der Waals surface area contributed by atoms with E-state index in [2.05, 4.69) is 39.6 Å². The second-order valence-electron chi connectivity index (χ2n) is 6.35. The molecule has 0 bridgehead atoms. The van der Waals surface area contributed by atoms with Crippen LogP contribution >= 0.6 is 0 Å². The van der Waals surface area contributed by atoms with Crippen LogP contribution in [0.3, 0.4) is 0 Å². The third kappa shape index (κ3) is 1.47. The molecule has 2 aliphatic rings. The van der Waals surface area contributed by atoms with E-state index in [1.54, 1.807) is 0 Å². The first-order valence-electron chi connectivity index (χ1n) is 7.29. The molecule has 5 unspecified atom stereocenters. The van der Waals surface area contributed by atoms with Crippen LogP contribution in [0.15, 0.2) is 0 Å². The van der Waals surface area contributed by atoms with E-state index < -0.39 is 0 Å². The average Bonchev–Trinajstić information content (AvgIpc) is 2.22. The summed E-state index contributed by atoms with van der Waals surface area (Å²) in [6.07, 6.45) is 5.62. The van der Waals surface area contributed by atoms with Crippen molar-refractivity contribution in [2.75, 3.05) is 13.6 Å². The van der Waals surface area contributed by atoms with Crippen LogP contribution in [0, 0.1) is 23.7 Å². The van der Waals surface area contributed by atoms with Crippen LogP contribution in [0.4, 0.5) is 0 Å². The lowest BCUT2D eigenvalue weighted by molar-refractivity contribution is -0.147. The van der Waals surface area contributed by atoms with E-state index in [-0.39, 0.29) is 0 Å². The molecule has 2 rings (SSSR count). The number of likely N-dealkylation sites (tertiary alicyclic amines) is 1. The van der Waals surface area contributed by atoms with Crippen molar-refractivity contribution >= 4 is 0 Å². The summed E-state index contributed by atoms with van der Waals surface area (Å²) in [7, 11) is 2.38. The van der Waals surface area contributed by atoms with Gasteiger partial charge in [0.25, 0.3) is 0 Å². The number of rotatable bonds is 3. The first kappa shape index (κ1) is 12.4. The van der Waals surface area contributed by atoms with Crippen LogP contribution in [0.25, 0.3) is 0 Å². The predicted octanol–water partition coefficient (Wildman–Crippen LogP) is 3.79. The third-order valence-electron chi connectivity index (χ3n) is 6.09. The molecule has 1 nitrogen and oxygen atoms in total. The minimum atomic E-state index is 0.569. The van der Waals surface area contributed by atoms with Gasteiger partial charge in [0.05, 0.1) is 0 Å². The van der Waals surface area contributed by atoms with Crippen LogP contribution in [-0.4, -0.2) is 24.0 Å². The highest BCUT2D eigenvalue weighted by molar-refractivity contribution is 5.11. The van der Waals surface area contributed by atoms with Gasteiger partial charge >= 0.3 is 0 Å². The zero-order valence-corrected chi connectivity index (χ0v) is 11.8. The first-order valence-corrected chi connectivity index (χ1v) is 7.29. The van der Waals surface area contributed by atoms with E-state index in [9.17, 15) is 0 Å². The van der Waals surface area contributed by atoms with Gasteiger partial charge in [0.2, 0.25) is 0 Å². The smallest absolute Gasteiger partial charge is 0.0262 e.